The van der Waals surface area contributed by atoms with Crippen molar-refractivity contribution in [2.45, 2.75) is 25.0 Å². The first-order valence-corrected chi connectivity index (χ1v) is 6.97. The number of aliphatic hydroxyl groups excluding tert-OH is 2. The Balaban J connectivity index is 1.64. The Morgan fingerprint density at radius 1 is 1.32 bits per heavy atom. The number of hydrogen-bond acceptors (Lipinski definition) is 4. The molecule has 106 valence electrons. The number of aliphatic hydroxyl groups is 2. The summed E-state index contributed by atoms with van der Waals surface area (Å²) < 4.78 is 5.53. The van der Waals surface area contributed by atoms with Crippen LogP contribution in [0.4, 0.5) is 0 Å². The van der Waals surface area contributed by atoms with Gasteiger partial charge in [-0.3, -0.25) is 4.90 Å². The fraction of sp³-hybridized carbons (Fsp3) is 0.600. The van der Waals surface area contributed by atoms with Crippen molar-refractivity contribution < 1.29 is 14.9 Å². The minimum Gasteiger partial charge on any atom is -0.395 e. The lowest BCUT2D eigenvalue weighted by Crippen LogP contribution is -2.35. The van der Waals surface area contributed by atoms with Crippen LogP contribution in [0.5, 0.6) is 0 Å². The summed E-state index contributed by atoms with van der Waals surface area (Å²) in [5.74, 6) is 0. The van der Waals surface area contributed by atoms with Gasteiger partial charge in [0.1, 0.15) is 6.10 Å². The zero-order valence-electron chi connectivity index (χ0n) is 11.2. The molecule has 1 aromatic carbocycles. The van der Waals surface area contributed by atoms with Crippen molar-refractivity contribution in [3.05, 3.63) is 35.9 Å². The maximum atomic E-state index is 9.93. The molecule has 0 saturated carbocycles. The van der Waals surface area contributed by atoms with Crippen LogP contribution < -0.4 is 0 Å². The van der Waals surface area contributed by atoms with Crippen molar-refractivity contribution in [1.82, 2.24) is 4.90 Å². The summed E-state index contributed by atoms with van der Waals surface area (Å²) in [6, 6.07) is 9.85. The minimum absolute atomic E-state index is 0.229. The van der Waals surface area contributed by atoms with Gasteiger partial charge in [-0.05, 0) is 24.9 Å². The SMILES string of the molecule is OCC1CCCN1CCOCC(O)c1ccccc1. The highest BCUT2D eigenvalue weighted by atomic mass is 16.5. The maximum Gasteiger partial charge on any atom is 0.102 e. The van der Waals surface area contributed by atoms with Crippen LogP contribution in [-0.4, -0.2) is 54.1 Å². The van der Waals surface area contributed by atoms with Gasteiger partial charge in [-0.25, -0.2) is 0 Å². The number of hydrogen-bond donors (Lipinski definition) is 2. The van der Waals surface area contributed by atoms with Crippen LogP contribution >= 0.6 is 0 Å². The molecule has 1 fully saturated rings. The van der Waals surface area contributed by atoms with Crippen LogP contribution in [0.1, 0.15) is 24.5 Å². The van der Waals surface area contributed by atoms with E-state index in [1.54, 1.807) is 0 Å². The standard InChI is InChI=1S/C15H23NO3/c17-11-14-7-4-8-16(14)9-10-19-12-15(18)13-5-2-1-3-6-13/h1-3,5-6,14-15,17-18H,4,7-12H2. The Bertz CT molecular complexity index is 358. The highest BCUT2D eigenvalue weighted by Crippen LogP contribution is 2.16. The van der Waals surface area contributed by atoms with Gasteiger partial charge in [0.05, 0.1) is 19.8 Å². The number of ether oxygens (including phenoxy) is 1. The molecule has 1 aliphatic heterocycles. The van der Waals surface area contributed by atoms with Gasteiger partial charge in [-0.15, -0.1) is 0 Å². The summed E-state index contributed by atoms with van der Waals surface area (Å²) in [5, 5.41) is 19.1. The van der Waals surface area contributed by atoms with E-state index < -0.39 is 6.10 Å². The fourth-order valence-corrected chi connectivity index (χ4v) is 2.54. The van der Waals surface area contributed by atoms with Crippen LogP contribution in [0.15, 0.2) is 30.3 Å². The van der Waals surface area contributed by atoms with Crippen LogP contribution in [0.3, 0.4) is 0 Å². The summed E-state index contributed by atoms with van der Waals surface area (Å²) in [6.45, 7) is 3.01. The molecule has 0 aliphatic carbocycles. The zero-order valence-corrected chi connectivity index (χ0v) is 11.2. The lowest BCUT2D eigenvalue weighted by Gasteiger charge is -2.22. The third-order valence-corrected chi connectivity index (χ3v) is 3.69. The summed E-state index contributed by atoms with van der Waals surface area (Å²) in [4.78, 5) is 2.26. The topological polar surface area (TPSA) is 52.9 Å². The molecular weight excluding hydrogens is 242 g/mol. The molecule has 1 saturated heterocycles. The van der Waals surface area contributed by atoms with Crippen molar-refractivity contribution in [1.29, 1.82) is 0 Å². The van der Waals surface area contributed by atoms with E-state index in [1.165, 1.54) is 0 Å². The van der Waals surface area contributed by atoms with Gasteiger partial charge >= 0.3 is 0 Å². The third-order valence-electron chi connectivity index (χ3n) is 3.69. The van der Waals surface area contributed by atoms with E-state index in [2.05, 4.69) is 4.90 Å². The molecule has 2 rings (SSSR count). The molecule has 2 unspecified atom stereocenters. The number of benzene rings is 1. The second kappa shape index (κ2) is 7.60. The van der Waals surface area contributed by atoms with Crippen molar-refractivity contribution in [2.24, 2.45) is 0 Å². The highest BCUT2D eigenvalue weighted by molar-refractivity contribution is 5.17. The van der Waals surface area contributed by atoms with E-state index >= 15 is 0 Å². The van der Waals surface area contributed by atoms with E-state index in [9.17, 15) is 10.2 Å². The van der Waals surface area contributed by atoms with Crippen LogP contribution in [-0.2, 0) is 4.74 Å². The van der Waals surface area contributed by atoms with Gasteiger partial charge in [0.2, 0.25) is 0 Å². The Morgan fingerprint density at radius 2 is 2.11 bits per heavy atom. The first-order chi connectivity index (χ1) is 9.31. The lowest BCUT2D eigenvalue weighted by atomic mass is 10.1. The summed E-state index contributed by atoms with van der Waals surface area (Å²) in [7, 11) is 0. The van der Waals surface area contributed by atoms with Crippen LogP contribution in [0.2, 0.25) is 0 Å². The molecule has 1 heterocycles. The molecule has 1 aromatic rings. The first kappa shape index (κ1) is 14.5. The van der Waals surface area contributed by atoms with Gasteiger partial charge < -0.3 is 14.9 Å². The highest BCUT2D eigenvalue weighted by Gasteiger charge is 2.22. The zero-order chi connectivity index (χ0) is 13.5. The summed E-state index contributed by atoms with van der Waals surface area (Å²) >= 11 is 0. The molecule has 0 aromatic heterocycles. The second-order valence-electron chi connectivity index (χ2n) is 5.02. The first-order valence-electron chi connectivity index (χ1n) is 6.97. The van der Waals surface area contributed by atoms with Crippen LogP contribution in [0.25, 0.3) is 0 Å². The monoisotopic (exact) mass is 265 g/mol. The lowest BCUT2D eigenvalue weighted by molar-refractivity contribution is 0.0222. The minimum atomic E-state index is -0.562. The molecule has 0 bridgehead atoms. The van der Waals surface area contributed by atoms with E-state index in [4.69, 9.17) is 4.74 Å². The predicted molar refractivity (Wildman–Crippen MR) is 73.9 cm³/mol. The maximum absolute atomic E-state index is 9.93. The Labute approximate surface area is 114 Å². The normalized spacial score (nSPS) is 21.7. The van der Waals surface area contributed by atoms with Gasteiger partial charge in [0, 0.05) is 12.6 Å². The number of rotatable bonds is 7. The molecular formula is C15H23NO3. The quantitative estimate of drug-likeness (QED) is 0.727. The van der Waals surface area contributed by atoms with Crippen molar-refractivity contribution in [2.75, 3.05) is 32.9 Å². The fourth-order valence-electron chi connectivity index (χ4n) is 2.54. The number of likely N-dealkylation sites (tertiary alicyclic amines) is 1. The molecule has 0 radical (unpaired) electrons. The van der Waals surface area contributed by atoms with Gasteiger partial charge in [0.15, 0.2) is 0 Å². The largest absolute Gasteiger partial charge is 0.395 e. The van der Waals surface area contributed by atoms with Gasteiger partial charge in [0.25, 0.3) is 0 Å². The van der Waals surface area contributed by atoms with E-state index in [0.29, 0.717) is 19.3 Å². The molecule has 2 atom stereocenters. The predicted octanol–water partition coefficient (Wildman–Crippen LogP) is 1.19. The van der Waals surface area contributed by atoms with Gasteiger partial charge in [-0.2, -0.15) is 0 Å². The van der Waals surface area contributed by atoms with E-state index in [-0.39, 0.29) is 6.61 Å². The molecule has 0 amide bonds. The average molecular weight is 265 g/mol. The Hall–Kier alpha value is -0.940. The summed E-state index contributed by atoms with van der Waals surface area (Å²) in [5.41, 5.74) is 0.886. The summed E-state index contributed by atoms with van der Waals surface area (Å²) in [6.07, 6.45) is 1.66. The smallest absolute Gasteiger partial charge is 0.102 e. The Kier molecular flexibility index (Phi) is 5.79. The molecule has 1 aliphatic rings. The molecule has 0 spiro atoms. The molecule has 4 nitrogen and oxygen atoms in total. The van der Waals surface area contributed by atoms with Crippen molar-refractivity contribution >= 4 is 0 Å². The third kappa shape index (κ3) is 4.28. The van der Waals surface area contributed by atoms with E-state index in [0.717, 1.165) is 31.5 Å². The van der Waals surface area contributed by atoms with E-state index in [1.807, 2.05) is 30.3 Å². The molecule has 2 N–H and O–H groups in total. The van der Waals surface area contributed by atoms with Gasteiger partial charge in [-0.1, -0.05) is 30.3 Å². The number of nitrogens with zero attached hydrogens (tertiary/aromatic N) is 1. The van der Waals surface area contributed by atoms with Crippen molar-refractivity contribution in [3.63, 3.8) is 0 Å². The molecule has 19 heavy (non-hydrogen) atoms. The van der Waals surface area contributed by atoms with Crippen molar-refractivity contribution in [3.8, 4) is 0 Å². The van der Waals surface area contributed by atoms with Crippen LogP contribution in [0, 0.1) is 0 Å². The second-order valence-corrected chi connectivity index (χ2v) is 5.02. The average Bonchev–Trinajstić information content (AvgIpc) is 2.91. The Morgan fingerprint density at radius 3 is 2.84 bits per heavy atom. The molecule has 4 heteroatoms.